The molecular weight excluding hydrogens is 386 g/mol. The van der Waals surface area contributed by atoms with Crippen LogP contribution in [0.1, 0.15) is 25.5 Å². The SMILES string of the molecule is CC(=O)O.NC(Cc1c[nH]cn1)C(=O)O.O=C(O)CC(O)(CC(=O)O)C(=O)O. The number of hydrogen-bond acceptors (Lipinski definition) is 8. The van der Waals surface area contributed by atoms with Crippen molar-refractivity contribution < 1.29 is 54.6 Å². The highest BCUT2D eigenvalue weighted by atomic mass is 16.4. The van der Waals surface area contributed by atoms with Gasteiger partial charge in [-0.3, -0.25) is 19.2 Å². The van der Waals surface area contributed by atoms with E-state index >= 15 is 0 Å². The number of nitrogens with zero attached hydrogens (tertiary/aromatic N) is 1. The third kappa shape index (κ3) is 13.7. The number of hydrogen-bond donors (Lipinski definition) is 8. The molecule has 1 unspecified atom stereocenters. The topological polar surface area (TPSA) is 261 Å². The van der Waals surface area contributed by atoms with Gasteiger partial charge in [-0.1, -0.05) is 0 Å². The Hall–Kier alpha value is -3.52. The lowest BCUT2D eigenvalue weighted by Gasteiger charge is -2.18. The Morgan fingerprint density at radius 2 is 1.50 bits per heavy atom. The molecule has 0 saturated heterocycles. The number of aliphatic hydroxyl groups is 1. The second-order valence-corrected chi connectivity index (χ2v) is 5.21. The van der Waals surface area contributed by atoms with Gasteiger partial charge in [0.25, 0.3) is 5.97 Å². The van der Waals surface area contributed by atoms with E-state index in [1.54, 1.807) is 6.20 Å². The minimum Gasteiger partial charge on any atom is -0.481 e. The van der Waals surface area contributed by atoms with Gasteiger partial charge in [0.05, 0.1) is 24.9 Å². The molecule has 1 aromatic rings. The number of nitrogens with one attached hydrogen (secondary N) is 1. The summed E-state index contributed by atoms with van der Waals surface area (Å²) in [6.45, 7) is 1.08. The van der Waals surface area contributed by atoms with Crippen molar-refractivity contribution in [3.8, 4) is 0 Å². The van der Waals surface area contributed by atoms with Crippen LogP contribution in [0.3, 0.4) is 0 Å². The van der Waals surface area contributed by atoms with Gasteiger partial charge < -0.3 is 41.4 Å². The Morgan fingerprint density at radius 3 is 1.75 bits per heavy atom. The Kier molecular flexibility index (Phi) is 12.2. The van der Waals surface area contributed by atoms with E-state index in [9.17, 15) is 19.2 Å². The molecule has 0 fully saturated rings. The molecule has 14 heteroatoms. The summed E-state index contributed by atoms with van der Waals surface area (Å²) in [4.78, 5) is 56.3. The Labute approximate surface area is 157 Å². The van der Waals surface area contributed by atoms with Crippen LogP contribution in [0, 0.1) is 0 Å². The fourth-order valence-electron chi connectivity index (χ4n) is 1.43. The summed E-state index contributed by atoms with van der Waals surface area (Å²) in [5, 5.41) is 49.6. The first kappa shape index (κ1) is 26.7. The van der Waals surface area contributed by atoms with Gasteiger partial charge in [-0.2, -0.15) is 0 Å². The smallest absolute Gasteiger partial charge is 0.336 e. The average Bonchev–Trinajstić information content (AvgIpc) is 2.98. The van der Waals surface area contributed by atoms with Crippen molar-refractivity contribution in [2.24, 2.45) is 5.73 Å². The van der Waals surface area contributed by atoms with Crippen molar-refractivity contribution >= 4 is 29.8 Å². The molecule has 0 spiro atoms. The maximum absolute atomic E-state index is 10.3. The standard InChI is InChI=1S/C6H9N3O2.C6H8O7.C2H4O2/c7-5(6(10)11)1-4-2-8-3-9-4;7-3(8)1-6(13,5(11)12)2-4(9)10;1-2(3)4/h2-3,5H,1,7H2,(H,8,9)(H,10,11);13H,1-2H2,(H,7,8)(H,9,10)(H,11,12);1H3,(H,3,4). The number of aromatic amines is 1. The van der Waals surface area contributed by atoms with E-state index in [1.807, 2.05) is 0 Å². The number of carboxylic acid groups (broad SMARTS) is 5. The molecule has 1 heterocycles. The fourth-order valence-corrected chi connectivity index (χ4v) is 1.43. The number of nitrogens with two attached hydrogens (primary N) is 1. The second-order valence-electron chi connectivity index (χ2n) is 5.21. The van der Waals surface area contributed by atoms with E-state index in [-0.39, 0.29) is 6.42 Å². The fraction of sp³-hybridized carbons (Fsp3) is 0.429. The maximum atomic E-state index is 10.3. The third-order valence-corrected chi connectivity index (χ3v) is 2.59. The zero-order valence-corrected chi connectivity index (χ0v) is 14.6. The summed E-state index contributed by atoms with van der Waals surface area (Å²) in [6.07, 6.45) is 1.09. The second kappa shape index (κ2) is 12.8. The molecule has 0 aromatic carbocycles. The summed E-state index contributed by atoms with van der Waals surface area (Å²) < 4.78 is 0. The first-order valence-corrected chi connectivity index (χ1v) is 7.26. The van der Waals surface area contributed by atoms with Crippen molar-refractivity contribution in [3.63, 3.8) is 0 Å². The predicted molar refractivity (Wildman–Crippen MR) is 88.3 cm³/mol. The minimum atomic E-state index is -2.74. The molecule has 28 heavy (non-hydrogen) atoms. The lowest BCUT2D eigenvalue weighted by molar-refractivity contribution is -0.170. The van der Waals surface area contributed by atoms with Crippen LogP contribution in [0.5, 0.6) is 0 Å². The number of carbonyl (C=O) groups is 5. The molecule has 14 nitrogen and oxygen atoms in total. The molecule has 0 saturated carbocycles. The summed E-state index contributed by atoms with van der Waals surface area (Å²) in [6, 6.07) is -0.863. The highest BCUT2D eigenvalue weighted by Crippen LogP contribution is 2.15. The Balaban J connectivity index is 0. The molecule has 1 aromatic heterocycles. The molecule has 1 atom stereocenters. The highest BCUT2D eigenvalue weighted by Gasteiger charge is 2.40. The van der Waals surface area contributed by atoms with Crippen molar-refractivity contribution in [1.82, 2.24) is 9.97 Å². The number of carboxylic acids is 5. The average molecular weight is 407 g/mol. The molecule has 1 rings (SSSR count). The maximum Gasteiger partial charge on any atom is 0.336 e. The molecule has 9 N–H and O–H groups in total. The summed E-state index contributed by atoms with van der Waals surface area (Å²) >= 11 is 0. The quantitative estimate of drug-likeness (QED) is 0.237. The van der Waals surface area contributed by atoms with Gasteiger partial charge in [0, 0.05) is 19.5 Å². The van der Waals surface area contributed by atoms with Crippen molar-refractivity contribution in [2.75, 3.05) is 0 Å². The number of imidazole rings is 1. The first-order chi connectivity index (χ1) is 12.7. The largest absolute Gasteiger partial charge is 0.481 e. The van der Waals surface area contributed by atoms with Gasteiger partial charge in [0.2, 0.25) is 0 Å². The lowest BCUT2D eigenvalue weighted by Crippen LogP contribution is -2.42. The van der Waals surface area contributed by atoms with Gasteiger partial charge in [-0.05, 0) is 0 Å². The molecule has 0 aliphatic carbocycles. The number of aliphatic carboxylic acids is 5. The highest BCUT2D eigenvalue weighted by molar-refractivity contribution is 5.88. The van der Waals surface area contributed by atoms with E-state index < -0.39 is 54.3 Å². The molecule has 0 radical (unpaired) electrons. The van der Waals surface area contributed by atoms with Crippen LogP contribution in [0.15, 0.2) is 12.5 Å². The van der Waals surface area contributed by atoms with Gasteiger partial charge in [-0.25, -0.2) is 9.78 Å². The lowest BCUT2D eigenvalue weighted by atomic mass is 9.96. The molecule has 158 valence electrons. The summed E-state index contributed by atoms with van der Waals surface area (Å²) in [7, 11) is 0. The van der Waals surface area contributed by atoms with E-state index in [1.165, 1.54) is 6.33 Å². The molecule has 0 aliphatic rings. The Morgan fingerprint density at radius 1 is 1.07 bits per heavy atom. The van der Waals surface area contributed by atoms with Crippen molar-refractivity contribution in [3.05, 3.63) is 18.2 Å². The zero-order valence-electron chi connectivity index (χ0n) is 14.6. The van der Waals surface area contributed by atoms with Crippen LogP contribution in [0.25, 0.3) is 0 Å². The van der Waals surface area contributed by atoms with Gasteiger partial charge in [0.15, 0.2) is 5.60 Å². The zero-order chi connectivity index (χ0) is 22.5. The summed E-state index contributed by atoms with van der Waals surface area (Å²) in [5.74, 6) is -6.86. The van der Waals surface area contributed by atoms with Gasteiger partial charge >= 0.3 is 23.9 Å². The third-order valence-electron chi connectivity index (χ3n) is 2.59. The van der Waals surface area contributed by atoms with E-state index in [0.717, 1.165) is 6.92 Å². The van der Waals surface area contributed by atoms with Crippen LogP contribution < -0.4 is 5.73 Å². The summed E-state index contributed by atoms with van der Waals surface area (Å²) in [5.41, 5.74) is 3.18. The number of aromatic nitrogens is 2. The first-order valence-electron chi connectivity index (χ1n) is 7.26. The molecule has 0 amide bonds. The van der Waals surface area contributed by atoms with Crippen LogP contribution in [-0.2, 0) is 30.4 Å². The van der Waals surface area contributed by atoms with Crippen molar-refractivity contribution in [2.45, 2.75) is 37.8 Å². The van der Waals surface area contributed by atoms with Crippen LogP contribution in [0.4, 0.5) is 0 Å². The Bertz CT molecular complexity index is 652. The molecule has 0 bridgehead atoms. The van der Waals surface area contributed by atoms with E-state index in [0.29, 0.717) is 5.69 Å². The number of rotatable bonds is 8. The van der Waals surface area contributed by atoms with Gasteiger partial charge in [0.1, 0.15) is 6.04 Å². The van der Waals surface area contributed by atoms with Gasteiger partial charge in [-0.15, -0.1) is 0 Å². The van der Waals surface area contributed by atoms with E-state index in [2.05, 4.69) is 9.97 Å². The number of H-pyrrole nitrogens is 1. The van der Waals surface area contributed by atoms with Crippen LogP contribution in [-0.4, -0.2) is 82.1 Å². The van der Waals surface area contributed by atoms with E-state index in [4.69, 9.17) is 41.2 Å². The monoisotopic (exact) mass is 407 g/mol. The molecule has 0 aliphatic heterocycles. The van der Waals surface area contributed by atoms with Crippen molar-refractivity contribution in [1.29, 1.82) is 0 Å². The van der Waals surface area contributed by atoms with Crippen LogP contribution in [0.2, 0.25) is 0 Å². The minimum absolute atomic E-state index is 0.263. The predicted octanol–water partition coefficient (Wildman–Crippen LogP) is -1.79. The normalized spacial score (nSPS) is 11.0. The van der Waals surface area contributed by atoms with Crippen LogP contribution >= 0.6 is 0 Å². The molecular formula is C14H21N3O11.